The zero-order chi connectivity index (χ0) is 22.3. The molecule has 0 saturated heterocycles. The lowest BCUT2D eigenvalue weighted by Gasteiger charge is -2.19. The zero-order valence-electron chi connectivity index (χ0n) is 17.4. The Morgan fingerprint density at radius 3 is 2.56 bits per heavy atom. The average molecular weight is 447 g/mol. The Hall–Kier alpha value is -3.68. The van der Waals surface area contributed by atoms with Crippen molar-refractivity contribution in [3.05, 3.63) is 89.8 Å². The molecule has 2 N–H and O–H groups in total. The predicted octanol–water partition coefficient (Wildman–Crippen LogP) is 5.08. The number of nitrogens with one attached hydrogen (secondary N) is 2. The number of hydrogen-bond donors (Lipinski definition) is 2. The summed E-state index contributed by atoms with van der Waals surface area (Å²) in [5, 5.41) is 8.57. The van der Waals surface area contributed by atoms with Gasteiger partial charge in [0.15, 0.2) is 5.75 Å². The Labute approximate surface area is 189 Å². The smallest absolute Gasteiger partial charge is 0.252 e. The molecule has 4 rings (SSSR count). The van der Waals surface area contributed by atoms with Gasteiger partial charge < -0.3 is 20.1 Å². The molecular weight excluding hydrogens is 424 g/mol. The number of fused-ring (bicyclic) bond motifs is 1. The molecule has 0 aliphatic heterocycles. The summed E-state index contributed by atoms with van der Waals surface area (Å²) in [7, 11) is 1.48. The van der Waals surface area contributed by atoms with Gasteiger partial charge in [-0.25, -0.2) is 0 Å². The van der Waals surface area contributed by atoms with Crippen molar-refractivity contribution in [2.75, 3.05) is 19.0 Å². The summed E-state index contributed by atoms with van der Waals surface area (Å²) in [5.74, 6) is 0.405. The monoisotopic (exact) mass is 446 g/mol. The quantitative estimate of drug-likeness (QED) is 0.396. The number of para-hydroxylation sites is 3. The number of methoxy groups -OCH3 is 1. The van der Waals surface area contributed by atoms with E-state index in [9.17, 15) is 9.59 Å². The molecule has 2 amide bonds. The van der Waals surface area contributed by atoms with Gasteiger partial charge in [0.2, 0.25) is 5.91 Å². The molecule has 3 aromatic carbocycles. The van der Waals surface area contributed by atoms with E-state index < -0.39 is 11.9 Å². The highest BCUT2D eigenvalue weighted by molar-refractivity contribution is 7.17. The van der Waals surface area contributed by atoms with E-state index in [2.05, 4.69) is 10.6 Å². The summed E-state index contributed by atoms with van der Waals surface area (Å²) >= 11 is 1.61. The van der Waals surface area contributed by atoms with Gasteiger partial charge in [-0.3, -0.25) is 9.59 Å². The number of carbonyl (C=O) groups excluding carboxylic acids is 2. The fourth-order valence-corrected chi connectivity index (χ4v) is 3.96. The maximum absolute atomic E-state index is 13.0. The number of benzene rings is 3. The standard InChI is InChI=1S/C25H22N2O4S/c1-30-16-21(27-24(28)18-11-12-23-17(15-18)13-14-32-23)25(29)26-20-9-5-6-10-22(20)31-19-7-3-2-4-8-19/h2-15,21H,16H2,1H3,(H,26,29)(H,27,28)/t21-/m1/s1. The lowest BCUT2D eigenvalue weighted by Crippen LogP contribution is -2.46. The van der Waals surface area contributed by atoms with Crippen LogP contribution in [0.3, 0.4) is 0 Å². The molecule has 0 unspecified atom stereocenters. The summed E-state index contributed by atoms with van der Waals surface area (Å²) in [6, 6.07) is 23.0. The van der Waals surface area contributed by atoms with Gasteiger partial charge in [0.1, 0.15) is 11.8 Å². The number of carbonyl (C=O) groups is 2. The normalized spacial score (nSPS) is 11.7. The second-order valence-electron chi connectivity index (χ2n) is 7.06. The number of anilines is 1. The Morgan fingerprint density at radius 2 is 1.75 bits per heavy atom. The summed E-state index contributed by atoms with van der Waals surface area (Å²) in [5.41, 5.74) is 0.981. The van der Waals surface area contributed by atoms with E-state index >= 15 is 0 Å². The molecule has 0 radical (unpaired) electrons. The van der Waals surface area contributed by atoms with Crippen LogP contribution in [-0.2, 0) is 9.53 Å². The minimum atomic E-state index is -0.879. The van der Waals surface area contributed by atoms with Crippen LogP contribution < -0.4 is 15.4 Å². The van der Waals surface area contributed by atoms with Crippen LogP contribution in [0.4, 0.5) is 5.69 Å². The van der Waals surface area contributed by atoms with Crippen LogP contribution in [0.2, 0.25) is 0 Å². The minimum Gasteiger partial charge on any atom is -0.455 e. The minimum absolute atomic E-state index is 0.0278. The highest BCUT2D eigenvalue weighted by Gasteiger charge is 2.23. The number of ether oxygens (including phenoxy) is 2. The van der Waals surface area contributed by atoms with Crippen molar-refractivity contribution >= 4 is 38.9 Å². The van der Waals surface area contributed by atoms with E-state index in [1.165, 1.54) is 7.11 Å². The number of thiophene rings is 1. The second kappa shape index (κ2) is 10.1. The lowest BCUT2D eigenvalue weighted by atomic mass is 10.1. The molecule has 0 spiro atoms. The van der Waals surface area contributed by atoms with Crippen LogP contribution in [0.25, 0.3) is 10.1 Å². The summed E-state index contributed by atoms with van der Waals surface area (Å²) < 4.78 is 12.2. The lowest BCUT2D eigenvalue weighted by molar-refractivity contribution is -0.119. The van der Waals surface area contributed by atoms with Gasteiger partial charge in [-0.2, -0.15) is 0 Å². The molecule has 32 heavy (non-hydrogen) atoms. The van der Waals surface area contributed by atoms with Crippen molar-refractivity contribution in [2.45, 2.75) is 6.04 Å². The molecular formula is C25H22N2O4S. The van der Waals surface area contributed by atoms with E-state index in [0.29, 0.717) is 22.7 Å². The molecule has 0 saturated carbocycles. The molecule has 1 atom stereocenters. The fraction of sp³-hybridized carbons (Fsp3) is 0.120. The summed E-state index contributed by atoms with van der Waals surface area (Å²) in [6.45, 7) is 0.0278. The van der Waals surface area contributed by atoms with Gasteiger partial charge in [0.05, 0.1) is 12.3 Å². The molecule has 162 valence electrons. The average Bonchev–Trinajstić information content (AvgIpc) is 3.28. The Morgan fingerprint density at radius 1 is 0.969 bits per heavy atom. The Bertz CT molecular complexity index is 1220. The van der Waals surface area contributed by atoms with Crippen LogP contribution in [0.5, 0.6) is 11.5 Å². The van der Waals surface area contributed by atoms with Crippen molar-refractivity contribution in [2.24, 2.45) is 0 Å². The number of rotatable bonds is 8. The van der Waals surface area contributed by atoms with Crippen molar-refractivity contribution < 1.29 is 19.1 Å². The van der Waals surface area contributed by atoms with Gasteiger partial charge in [-0.1, -0.05) is 30.3 Å². The van der Waals surface area contributed by atoms with Crippen LogP contribution >= 0.6 is 11.3 Å². The molecule has 1 heterocycles. The molecule has 0 aliphatic carbocycles. The van der Waals surface area contributed by atoms with Crippen LogP contribution in [0.15, 0.2) is 84.2 Å². The van der Waals surface area contributed by atoms with Crippen molar-refractivity contribution in [1.29, 1.82) is 0 Å². The second-order valence-corrected chi connectivity index (χ2v) is 8.00. The first-order valence-electron chi connectivity index (χ1n) is 10.0. The zero-order valence-corrected chi connectivity index (χ0v) is 18.2. The third kappa shape index (κ3) is 5.14. The molecule has 6 nitrogen and oxygen atoms in total. The van der Waals surface area contributed by atoms with Gasteiger partial charge in [0, 0.05) is 17.4 Å². The first kappa shape index (κ1) is 21.5. The van der Waals surface area contributed by atoms with Gasteiger partial charge >= 0.3 is 0 Å². The topological polar surface area (TPSA) is 76.7 Å². The first-order chi connectivity index (χ1) is 15.6. The highest BCUT2D eigenvalue weighted by atomic mass is 32.1. The van der Waals surface area contributed by atoms with Crippen molar-refractivity contribution in [1.82, 2.24) is 5.32 Å². The van der Waals surface area contributed by atoms with Gasteiger partial charge in [-0.15, -0.1) is 11.3 Å². The summed E-state index contributed by atoms with van der Waals surface area (Å²) in [6.07, 6.45) is 0. The van der Waals surface area contributed by atoms with Gasteiger partial charge in [-0.05, 0) is 59.3 Å². The highest BCUT2D eigenvalue weighted by Crippen LogP contribution is 2.29. The Kier molecular flexibility index (Phi) is 6.79. The molecule has 7 heteroatoms. The Balaban J connectivity index is 1.48. The van der Waals surface area contributed by atoms with E-state index in [4.69, 9.17) is 9.47 Å². The predicted molar refractivity (Wildman–Crippen MR) is 127 cm³/mol. The van der Waals surface area contributed by atoms with Gasteiger partial charge in [0.25, 0.3) is 5.91 Å². The molecule has 1 aromatic heterocycles. The SMILES string of the molecule is COC[C@@H](NC(=O)c1ccc2sccc2c1)C(=O)Nc1ccccc1Oc1ccccc1. The molecule has 0 bridgehead atoms. The first-order valence-corrected chi connectivity index (χ1v) is 10.9. The molecule has 0 fully saturated rings. The summed E-state index contributed by atoms with van der Waals surface area (Å²) in [4.78, 5) is 25.8. The van der Waals surface area contributed by atoms with E-state index in [1.807, 2.05) is 60.0 Å². The maximum atomic E-state index is 13.0. The molecule has 0 aliphatic rings. The third-order valence-corrected chi connectivity index (χ3v) is 5.68. The molecule has 4 aromatic rings. The van der Waals surface area contributed by atoms with Crippen LogP contribution in [0, 0.1) is 0 Å². The fourth-order valence-electron chi connectivity index (χ4n) is 3.19. The number of hydrogen-bond acceptors (Lipinski definition) is 5. The number of amides is 2. The van der Waals surface area contributed by atoms with E-state index in [0.717, 1.165) is 10.1 Å². The maximum Gasteiger partial charge on any atom is 0.252 e. The van der Waals surface area contributed by atoms with E-state index in [-0.39, 0.29) is 12.5 Å². The largest absolute Gasteiger partial charge is 0.455 e. The van der Waals surface area contributed by atoms with E-state index in [1.54, 1.807) is 35.6 Å². The third-order valence-electron chi connectivity index (χ3n) is 4.79. The van der Waals surface area contributed by atoms with Crippen LogP contribution in [-0.4, -0.2) is 31.6 Å². The van der Waals surface area contributed by atoms with Crippen molar-refractivity contribution in [3.63, 3.8) is 0 Å². The van der Waals surface area contributed by atoms with Crippen molar-refractivity contribution in [3.8, 4) is 11.5 Å². The van der Waals surface area contributed by atoms with Crippen LogP contribution in [0.1, 0.15) is 10.4 Å².